The Labute approximate surface area is 125 Å². The van der Waals surface area contributed by atoms with Gasteiger partial charge in [-0.05, 0) is 38.3 Å². The smallest absolute Gasteiger partial charge is 0.248 e. The molecule has 0 aromatic carbocycles. The molecule has 3 saturated heterocycles. The van der Waals surface area contributed by atoms with Crippen molar-refractivity contribution in [1.82, 2.24) is 15.1 Å². The van der Waals surface area contributed by atoms with Gasteiger partial charge in [0, 0.05) is 20.0 Å². The molecule has 3 heterocycles. The van der Waals surface area contributed by atoms with Gasteiger partial charge >= 0.3 is 0 Å². The monoisotopic (exact) mass is 295 g/mol. The van der Waals surface area contributed by atoms with E-state index in [2.05, 4.69) is 5.32 Å². The van der Waals surface area contributed by atoms with Crippen molar-refractivity contribution in [3.05, 3.63) is 0 Å². The van der Waals surface area contributed by atoms with Crippen molar-refractivity contribution >= 4 is 11.8 Å². The minimum Gasteiger partial charge on any atom is -0.361 e. The van der Waals surface area contributed by atoms with Crippen molar-refractivity contribution in [2.75, 3.05) is 46.4 Å². The van der Waals surface area contributed by atoms with Crippen molar-refractivity contribution in [2.24, 2.45) is 5.92 Å². The summed E-state index contributed by atoms with van der Waals surface area (Å²) in [4.78, 5) is 27.6. The summed E-state index contributed by atoms with van der Waals surface area (Å²) in [6.07, 6.45) is 3.69. The Hall–Kier alpha value is -1.14. The highest BCUT2D eigenvalue weighted by Crippen LogP contribution is 2.30. The van der Waals surface area contributed by atoms with Crippen LogP contribution in [0.5, 0.6) is 0 Å². The van der Waals surface area contributed by atoms with Gasteiger partial charge in [-0.25, -0.2) is 0 Å². The lowest BCUT2D eigenvalue weighted by molar-refractivity contribution is -0.159. The van der Waals surface area contributed by atoms with Crippen molar-refractivity contribution in [2.45, 2.75) is 31.3 Å². The van der Waals surface area contributed by atoms with Gasteiger partial charge in [-0.2, -0.15) is 0 Å². The fourth-order valence-corrected chi connectivity index (χ4v) is 3.66. The molecule has 0 unspecified atom stereocenters. The van der Waals surface area contributed by atoms with E-state index in [-0.39, 0.29) is 24.0 Å². The van der Waals surface area contributed by atoms with Crippen LogP contribution in [0.25, 0.3) is 0 Å². The molecule has 0 aromatic heterocycles. The normalized spacial score (nSPS) is 31.2. The van der Waals surface area contributed by atoms with E-state index in [9.17, 15) is 9.59 Å². The van der Waals surface area contributed by atoms with Crippen LogP contribution in [-0.4, -0.2) is 73.6 Å². The molecule has 1 N–H and O–H groups in total. The Kier molecular flexibility index (Phi) is 4.17. The van der Waals surface area contributed by atoms with Crippen LogP contribution in [0.3, 0.4) is 0 Å². The van der Waals surface area contributed by atoms with E-state index in [4.69, 9.17) is 4.74 Å². The van der Waals surface area contributed by atoms with Gasteiger partial charge < -0.3 is 19.9 Å². The number of piperidine rings is 1. The minimum atomic E-state index is -0.327. The molecule has 0 aromatic rings. The number of likely N-dealkylation sites (N-methyl/N-ethyl adjacent to an activating group) is 1. The van der Waals surface area contributed by atoms with E-state index < -0.39 is 0 Å². The van der Waals surface area contributed by atoms with Gasteiger partial charge in [0.05, 0.1) is 13.1 Å². The molecule has 0 bridgehead atoms. The second-order valence-electron chi connectivity index (χ2n) is 6.68. The van der Waals surface area contributed by atoms with Crippen molar-refractivity contribution < 1.29 is 14.3 Å². The molecule has 2 amide bonds. The summed E-state index contributed by atoms with van der Waals surface area (Å²) in [6, 6.07) is 0. The molecule has 0 radical (unpaired) electrons. The molecular formula is C15H25N3O3. The third-order valence-electron chi connectivity index (χ3n) is 5.04. The number of hydrogen-bond acceptors (Lipinski definition) is 4. The van der Waals surface area contributed by atoms with Crippen LogP contribution in [-0.2, 0) is 14.3 Å². The number of nitrogens with one attached hydrogen (secondary N) is 1. The lowest BCUT2D eigenvalue weighted by atomic mass is 9.94. The van der Waals surface area contributed by atoms with Crippen LogP contribution in [0, 0.1) is 5.92 Å². The Morgan fingerprint density at radius 1 is 1.38 bits per heavy atom. The molecule has 0 saturated carbocycles. The molecule has 1 atom stereocenters. The molecule has 3 rings (SSSR count). The second kappa shape index (κ2) is 5.93. The van der Waals surface area contributed by atoms with Crippen molar-refractivity contribution in [1.29, 1.82) is 0 Å². The number of hydrogen-bond donors (Lipinski definition) is 1. The lowest BCUT2D eigenvalue weighted by Gasteiger charge is -2.38. The molecule has 3 aliphatic heterocycles. The second-order valence-corrected chi connectivity index (χ2v) is 6.68. The van der Waals surface area contributed by atoms with Crippen LogP contribution < -0.4 is 5.32 Å². The maximum Gasteiger partial charge on any atom is 0.248 e. The molecule has 1 spiro atoms. The quantitative estimate of drug-likeness (QED) is 0.769. The molecule has 3 aliphatic rings. The summed E-state index contributed by atoms with van der Waals surface area (Å²) < 4.78 is 5.78. The average Bonchev–Trinajstić information content (AvgIpc) is 2.89. The van der Waals surface area contributed by atoms with Gasteiger partial charge in [-0.3, -0.25) is 9.59 Å². The number of likely N-dealkylation sites (tertiary alicyclic amines) is 1. The van der Waals surface area contributed by atoms with E-state index in [1.165, 1.54) is 0 Å². The summed E-state index contributed by atoms with van der Waals surface area (Å²) in [6.45, 7) is 4.19. The number of nitrogens with zero attached hydrogens (tertiary/aromatic N) is 2. The third-order valence-corrected chi connectivity index (χ3v) is 5.04. The first-order valence-electron chi connectivity index (χ1n) is 7.94. The minimum absolute atomic E-state index is 0.0279. The first kappa shape index (κ1) is 14.8. The molecule has 21 heavy (non-hydrogen) atoms. The van der Waals surface area contributed by atoms with E-state index in [1.807, 2.05) is 11.9 Å². The van der Waals surface area contributed by atoms with Crippen LogP contribution in [0.1, 0.15) is 25.7 Å². The van der Waals surface area contributed by atoms with Gasteiger partial charge in [0.2, 0.25) is 11.8 Å². The van der Waals surface area contributed by atoms with E-state index in [1.54, 1.807) is 4.90 Å². The van der Waals surface area contributed by atoms with Gasteiger partial charge in [0.25, 0.3) is 0 Å². The zero-order valence-electron chi connectivity index (χ0n) is 12.8. The first-order valence-corrected chi connectivity index (χ1v) is 7.94. The summed E-state index contributed by atoms with van der Waals surface area (Å²) in [5.41, 5.74) is -0.327. The Bertz CT molecular complexity index is 422. The molecule has 118 valence electrons. The molecule has 3 fully saturated rings. The summed E-state index contributed by atoms with van der Waals surface area (Å²) in [7, 11) is 1.81. The SMILES string of the molecule is CN1C[C@]2(CCN(C(=O)CC3CCNCC3)C2)OCC1=O. The van der Waals surface area contributed by atoms with Gasteiger partial charge in [-0.15, -0.1) is 0 Å². The number of carbonyl (C=O) groups excluding carboxylic acids is 2. The largest absolute Gasteiger partial charge is 0.361 e. The number of amides is 2. The van der Waals surface area contributed by atoms with Crippen LogP contribution in [0.15, 0.2) is 0 Å². The zero-order chi connectivity index (χ0) is 14.9. The van der Waals surface area contributed by atoms with Crippen molar-refractivity contribution in [3.63, 3.8) is 0 Å². The van der Waals surface area contributed by atoms with Gasteiger partial charge in [-0.1, -0.05) is 0 Å². The molecule has 6 heteroatoms. The first-order chi connectivity index (χ1) is 10.1. The Balaban J connectivity index is 1.54. The lowest BCUT2D eigenvalue weighted by Crippen LogP contribution is -2.54. The molecular weight excluding hydrogens is 270 g/mol. The van der Waals surface area contributed by atoms with Crippen molar-refractivity contribution in [3.8, 4) is 0 Å². The summed E-state index contributed by atoms with van der Waals surface area (Å²) >= 11 is 0. The zero-order valence-corrected chi connectivity index (χ0v) is 12.8. The third kappa shape index (κ3) is 3.21. The molecule has 6 nitrogen and oxygen atoms in total. The standard InChI is InChI=1S/C15H25N3O3/c1-17-10-15(21-9-14(17)20)4-7-18(11-15)13(19)8-12-2-5-16-6-3-12/h12,16H,2-11H2,1H3/t15-/m0/s1. The topological polar surface area (TPSA) is 61.9 Å². The van der Waals surface area contributed by atoms with Crippen LogP contribution >= 0.6 is 0 Å². The van der Waals surface area contributed by atoms with E-state index in [0.29, 0.717) is 25.4 Å². The predicted molar refractivity (Wildman–Crippen MR) is 77.7 cm³/mol. The van der Waals surface area contributed by atoms with Gasteiger partial charge in [0.1, 0.15) is 12.2 Å². The Morgan fingerprint density at radius 3 is 2.86 bits per heavy atom. The van der Waals surface area contributed by atoms with Crippen LogP contribution in [0.2, 0.25) is 0 Å². The fraction of sp³-hybridized carbons (Fsp3) is 0.867. The fourth-order valence-electron chi connectivity index (χ4n) is 3.66. The molecule has 0 aliphatic carbocycles. The Morgan fingerprint density at radius 2 is 2.14 bits per heavy atom. The van der Waals surface area contributed by atoms with Gasteiger partial charge in [0.15, 0.2) is 0 Å². The number of morpholine rings is 1. The highest BCUT2D eigenvalue weighted by atomic mass is 16.5. The average molecular weight is 295 g/mol. The predicted octanol–water partition coefficient (Wildman–Crippen LogP) is -0.164. The number of ether oxygens (including phenoxy) is 1. The highest BCUT2D eigenvalue weighted by Gasteiger charge is 2.45. The highest BCUT2D eigenvalue weighted by molar-refractivity contribution is 5.79. The maximum absolute atomic E-state index is 12.5. The van der Waals surface area contributed by atoms with E-state index in [0.717, 1.165) is 38.9 Å². The summed E-state index contributed by atoms with van der Waals surface area (Å²) in [5, 5.41) is 3.33. The maximum atomic E-state index is 12.5. The number of carbonyl (C=O) groups is 2. The van der Waals surface area contributed by atoms with E-state index >= 15 is 0 Å². The summed E-state index contributed by atoms with van der Waals surface area (Å²) in [5.74, 6) is 0.800. The number of rotatable bonds is 2. The van der Waals surface area contributed by atoms with Crippen LogP contribution in [0.4, 0.5) is 0 Å².